The van der Waals surface area contributed by atoms with Crippen molar-refractivity contribution in [3.8, 4) is 0 Å². The number of carbonyl (C=O) groups is 2. The van der Waals surface area contributed by atoms with Gasteiger partial charge in [-0.15, -0.1) is 0 Å². The third kappa shape index (κ3) is 4.86. The van der Waals surface area contributed by atoms with Crippen LogP contribution in [0.2, 0.25) is 5.02 Å². The van der Waals surface area contributed by atoms with Crippen molar-refractivity contribution in [1.29, 1.82) is 0 Å². The molecule has 0 aromatic heterocycles. The van der Waals surface area contributed by atoms with E-state index in [1.807, 2.05) is 30.3 Å². The van der Waals surface area contributed by atoms with Gasteiger partial charge in [0.05, 0.1) is 10.6 Å². The fourth-order valence-corrected chi connectivity index (χ4v) is 3.53. The molecule has 0 aliphatic carbocycles. The van der Waals surface area contributed by atoms with E-state index in [4.69, 9.17) is 11.6 Å². The molecule has 2 amide bonds. The Morgan fingerprint density at radius 3 is 2.37 bits per heavy atom. The topological polar surface area (TPSA) is 40.6 Å². The monoisotopic (exact) mass is 388 g/mol. The molecule has 27 heavy (non-hydrogen) atoms. The number of nitrogens with zero attached hydrogens (tertiary/aromatic N) is 2. The van der Waals surface area contributed by atoms with Crippen molar-refractivity contribution < 1.29 is 14.0 Å². The molecular formula is C21H22ClFN2O2. The average Bonchev–Trinajstić information content (AvgIpc) is 2.93. The molecule has 1 heterocycles. The summed E-state index contributed by atoms with van der Waals surface area (Å²) >= 11 is 6.01. The number of carbonyl (C=O) groups excluding carboxylic acids is 2. The highest BCUT2D eigenvalue weighted by Gasteiger charge is 2.25. The minimum Gasteiger partial charge on any atom is -0.341 e. The van der Waals surface area contributed by atoms with Crippen LogP contribution in [0.1, 0.15) is 28.8 Å². The van der Waals surface area contributed by atoms with Crippen LogP contribution in [-0.4, -0.2) is 47.8 Å². The summed E-state index contributed by atoms with van der Waals surface area (Å²) in [6, 6.07) is 14.1. The van der Waals surface area contributed by atoms with Gasteiger partial charge in [0.15, 0.2) is 0 Å². The normalized spacial score (nSPS) is 14.7. The first-order valence-electron chi connectivity index (χ1n) is 9.11. The first kappa shape index (κ1) is 19.4. The van der Waals surface area contributed by atoms with Crippen molar-refractivity contribution in [3.05, 3.63) is 70.5 Å². The van der Waals surface area contributed by atoms with E-state index < -0.39 is 11.7 Å². The molecule has 1 aliphatic heterocycles. The van der Waals surface area contributed by atoms with Crippen LogP contribution < -0.4 is 0 Å². The van der Waals surface area contributed by atoms with Gasteiger partial charge in [-0.05, 0) is 30.5 Å². The molecule has 0 unspecified atom stereocenters. The molecule has 0 saturated carbocycles. The van der Waals surface area contributed by atoms with E-state index in [1.165, 1.54) is 18.2 Å². The van der Waals surface area contributed by atoms with Gasteiger partial charge in [0.1, 0.15) is 5.82 Å². The Kier molecular flexibility index (Phi) is 6.45. The van der Waals surface area contributed by atoms with Crippen LogP contribution in [0.25, 0.3) is 0 Å². The number of hydrogen-bond acceptors (Lipinski definition) is 2. The van der Waals surface area contributed by atoms with Crippen molar-refractivity contribution in [1.82, 2.24) is 9.80 Å². The number of hydrogen-bond donors (Lipinski definition) is 0. The predicted molar refractivity (Wildman–Crippen MR) is 103 cm³/mol. The number of rotatable bonds is 4. The first-order chi connectivity index (χ1) is 13.1. The molecule has 142 valence electrons. The van der Waals surface area contributed by atoms with Crippen molar-refractivity contribution in [2.75, 3.05) is 26.2 Å². The number of aryl methyl sites for hydroxylation is 1. The Morgan fingerprint density at radius 2 is 1.63 bits per heavy atom. The van der Waals surface area contributed by atoms with E-state index in [-0.39, 0.29) is 16.5 Å². The van der Waals surface area contributed by atoms with E-state index in [2.05, 4.69) is 0 Å². The predicted octanol–water partition coefficient (Wildman–Crippen LogP) is 3.79. The molecule has 1 aliphatic rings. The SMILES string of the molecule is O=C(CCc1ccccc1)N1CCCN(C(=O)c2c(F)cccc2Cl)CC1. The summed E-state index contributed by atoms with van der Waals surface area (Å²) in [6.07, 6.45) is 1.80. The standard InChI is InChI=1S/C21H22ClFN2O2/c22-17-8-4-9-18(23)20(17)21(27)25-13-5-12-24(14-15-25)19(26)11-10-16-6-2-1-3-7-16/h1-4,6-9H,5,10-15H2. The third-order valence-corrected chi connectivity index (χ3v) is 5.10. The van der Waals surface area contributed by atoms with Crippen LogP contribution in [0.3, 0.4) is 0 Å². The Hall–Kier alpha value is -2.40. The molecule has 0 bridgehead atoms. The van der Waals surface area contributed by atoms with E-state index in [9.17, 15) is 14.0 Å². The molecule has 3 rings (SSSR count). The van der Waals surface area contributed by atoms with E-state index in [0.717, 1.165) is 5.56 Å². The molecule has 2 aromatic carbocycles. The fourth-order valence-electron chi connectivity index (χ4n) is 3.28. The highest BCUT2D eigenvalue weighted by Crippen LogP contribution is 2.21. The average molecular weight is 389 g/mol. The van der Waals surface area contributed by atoms with Crippen molar-refractivity contribution in [3.63, 3.8) is 0 Å². The maximum Gasteiger partial charge on any atom is 0.258 e. The van der Waals surface area contributed by atoms with Gasteiger partial charge in [-0.25, -0.2) is 4.39 Å². The summed E-state index contributed by atoms with van der Waals surface area (Å²) in [5.41, 5.74) is 1.04. The van der Waals surface area contributed by atoms with Crippen LogP contribution >= 0.6 is 11.6 Å². The van der Waals surface area contributed by atoms with Gasteiger partial charge in [0.2, 0.25) is 5.91 Å². The van der Waals surface area contributed by atoms with Gasteiger partial charge < -0.3 is 9.80 Å². The molecule has 0 N–H and O–H groups in total. The summed E-state index contributed by atoms with van der Waals surface area (Å²) in [4.78, 5) is 28.6. The highest BCUT2D eigenvalue weighted by atomic mass is 35.5. The molecule has 2 aromatic rings. The summed E-state index contributed by atoms with van der Waals surface area (Å²) in [7, 11) is 0. The lowest BCUT2D eigenvalue weighted by Gasteiger charge is -2.23. The summed E-state index contributed by atoms with van der Waals surface area (Å²) in [5.74, 6) is -0.957. The first-order valence-corrected chi connectivity index (χ1v) is 9.49. The Morgan fingerprint density at radius 1 is 0.926 bits per heavy atom. The van der Waals surface area contributed by atoms with Crippen LogP contribution in [0.15, 0.2) is 48.5 Å². The lowest BCUT2D eigenvalue weighted by atomic mass is 10.1. The van der Waals surface area contributed by atoms with Gasteiger partial charge in [-0.3, -0.25) is 9.59 Å². The van der Waals surface area contributed by atoms with E-state index in [0.29, 0.717) is 45.4 Å². The fraction of sp³-hybridized carbons (Fsp3) is 0.333. The zero-order chi connectivity index (χ0) is 19.2. The van der Waals surface area contributed by atoms with E-state index >= 15 is 0 Å². The van der Waals surface area contributed by atoms with Gasteiger partial charge in [0, 0.05) is 32.6 Å². The van der Waals surface area contributed by atoms with Crippen LogP contribution in [0, 0.1) is 5.82 Å². The van der Waals surface area contributed by atoms with Gasteiger partial charge in [-0.1, -0.05) is 48.0 Å². The summed E-state index contributed by atoms with van der Waals surface area (Å²) in [6.45, 7) is 1.90. The van der Waals surface area contributed by atoms with Crippen molar-refractivity contribution in [2.45, 2.75) is 19.3 Å². The smallest absolute Gasteiger partial charge is 0.258 e. The van der Waals surface area contributed by atoms with Gasteiger partial charge in [-0.2, -0.15) is 0 Å². The quantitative estimate of drug-likeness (QED) is 0.799. The zero-order valence-corrected chi connectivity index (χ0v) is 15.8. The maximum absolute atomic E-state index is 14.0. The second-order valence-electron chi connectivity index (χ2n) is 6.61. The summed E-state index contributed by atoms with van der Waals surface area (Å²) < 4.78 is 14.0. The lowest BCUT2D eigenvalue weighted by molar-refractivity contribution is -0.131. The zero-order valence-electron chi connectivity index (χ0n) is 15.0. The maximum atomic E-state index is 14.0. The Balaban J connectivity index is 1.58. The second-order valence-corrected chi connectivity index (χ2v) is 7.02. The Labute approximate surface area is 163 Å². The van der Waals surface area contributed by atoms with Crippen LogP contribution in [0.4, 0.5) is 4.39 Å². The minimum absolute atomic E-state index is 0.0806. The molecule has 1 saturated heterocycles. The molecule has 4 nitrogen and oxygen atoms in total. The molecule has 0 radical (unpaired) electrons. The third-order valence-electron chi connectivity index (χ3n) is 4.78. The van der Waals surface area contributed by atoms with Crippen LogP contribution in [0.5, 0.6) is 0 Å². The highest BCUT2D eigenvalue weighted by molar-refractivity contribution is 6.33. The second kappa shape index (κ2) is 9.00. The largest absolute Gasteiger partial charge is 0.341 e. The van der Waals surface area contributed by atoms with Gasteiger partial charge >= 0.3 is 0 Å². The molecule has 6 heteroatoms. The van der Waals surface area contributed by atoms with E-state index in [1.54, 1.807) is 9.80 Å². The molecule has 0 spiro atoms. The molecule has 1 fully saturated rings. The summed E-state index contributed by atoms with van der Waals surface area (Å²) in [5, 5.41) is 0.111. The van der Waals surface area contributed by atoms with Crippen molar-refractivity contribution in [2.24, 2.45) is 0 Å². The molecular weight excluding hydrogens is 367 g/mol. The number of benzene rings is 2. The lowest BCUT2D eigenvalue weighted by Crippen LogP contribution is -2.37. The minimum atomic E-state index is -0.618. The molecule has 0 atom stereocenters. The Bertz CT molecular complexity index is 793. The number of halogens is 2. The van der Waals surface area contributed by atoms with Crippen LogP contribution in [-0.2, 0) is 11.2 Å². The van der Waals surface area contributed by atoms with Crippen molar-refractivity contribution >= 4 is 23.4 Å². The number of amides is 2. The van der Waals surface area contributed by atoms with Gasteiger partial charge in [0.25, 0.3) is 5.91 Å².